The van der Waals surface area contributed by atoms with Crippen LogP contribution in [0.4, 0.5) is 0 Å². The lowest BCUT2D eigenvalue weighted by atomic mass is 9.53. The van der Waals surface area contributed by atoms with Crippen LogP contribution in [0.25, 0.3) is 0 Å². The number of tetrazole rings is 1. The van der Waals surface area contributed by atoms with Crippen molar-refractivity contribution in [1.29, 1.82) is 0 Å². The summed E-state index contributed by atoms with van der Waals surface area (Å²) in [5.41, 5.74) is 6.30. The van der Waals surface area contributed by atoms with Crippen molar-refractivity contribution in [3.05, 3.63) is 5.82 Å². The Morgan fingerprint density at radius 2 is 2.35 bits per heavy atom. The molecule has 0 amide bonds. The Morgan fingerprint density at radius 1 is 1.47 bits per heavy atom. The molecule has 2 fully saturated rings. The van der Waals surface area contributed by atoms with Crippen LogP contribution in [0.15, 0.2) is 0 Å². The monoisotopic (exact) mass is 235 g/mol. The van der Waals surface area contributed by atoms with Gasteiger partial charge in [-0.3, -0.25) is 0 Å². The van der Waals surface area contributed by atoms with E-state index in [2.05, 4.69) is 27.5 Å². The van der Waals surface area contributed by atoms with Crippen molar-refractivity contribution >= 4 is 0 Å². The first-order chi connectivity index (χ1) is 8.27. The highest BCUT2D eigenvalue weighted by atomic mass is 15.5. The third-order valence-electron chi connectivity index (χ3n) is 5.13. The lowest BCUT2D eigenvalue weighted by Gasteiger charge is -2.52. The van der Waals surface area contributed by atoms with Crippen LogP contribution in [0.1, 0.15) is 38.4 Å². The molecule has 1 unspecified atom stereocenters. The first-order valence-corrected chi connectivity index (χ1v) is 6.70. The lowest BCUT2D eigenvalue weighted by molar-refractivity contribution is -0.0144. The van der Waals surface area contributed by atoms with Gasteiger partial charge in [-0.1, -0.05) is 18.6 Å². The first-order valence-electron chi connectivity index (χ1n) is 6.70. The summed E-state index contributed by atoms with van der Waals surface area (Å²) in [7, 11) is 0. The molecule has 94 valence electrons. The van der Waals surface area contributed by atoms with Gasteiger partial charge < -0.3 is 5.73 Å². The van der Waals surface area contributed by atoms with Gasteiger partial charge in [-0.25, -0.2) is 0 Å². The number of fused-ring (bicyclic) bond motifs is 1. The Labute approximate surface area is 102 Å². The van der Waals surface area contributed by atoms with Crippen molar-refractivity contribution < 1.29 is 0 Å². The summed E-state index contributed by atoms with van der Waals surface area (Å²) in [6, 6.07) is 0. The molecule has 1 aromatic rings. The minimum atomic E-state index is 0.262. The van der Waals surface area contributed by atoms with Gasteiger partial charge in [0.2, 0.25) is 0 Å². The van der Waals surface area contributed by atoms with E-state index in [9.17, 15) is 0 Å². The molecule has 1 aromatic heterocycles. The van der Waals surface area contributed by atoms with E-state index in [1.54, 1.807) is 0 Å². The van der Waals surface area contributed by atoms with E-state index in [1.807, 2.05) is 0 Å². The number of aromatic nitrogens is 4. The van der Waals surface area contributed by atoms with Crippen molar-refractivity contribution in [2.45, 2.75) is 39.0 Å². The molecule has 0 aliphatic heterocycles. The predicted octanol–water partition coefficient (Wildman–Crippen LogP) is 1.14. The number of nitrogens with one attached hydrogen (secondary N) is 1. The molecule has 2 saturated carbocycles. The number of hydrogen-bond donors (Lipinski definition) is 2. The Kier molecular flexibility index (Phi) is 2.65. The van der Waals surface area contributed by atoms with Crippen molar-refractivity contribution in [2.24, 2.45) is 28.9 Å². The fraction of sp³-hybridized carbons (Fsp3) is 0.917. The number of hydrogen-bond acceptors (Lipinski definition) is 4. The molecule has 3 rings (SSSR count). The van der Waals surface area contributed by atoms with E-state index in [0.29, 0.717) is 0 Å². The minimum Gasteiger partial charge on any atom is -0.330 e. The molecule has 3 N–H and O–H groups in total. The second-order valence-corrected chi connectivity index (χ2v) is 5.89. The van der Waals surface area contributed by atoms with Crippen LogP contribution in [-0.4, -0.2) is 27.2 Å². The third kappa shape index (κ3) is 1.68. The molecular weight excluding hydrogens is 214 g/mol. The SMILES string of the molecule is CCC1C[C@H]2C[C@@](CN)(Cc3nn[nH]n3)[C@H]2C1. The summed E-state index contributed by atoms with van der Waals surface area (Å²) >= 11 is 0. The molecule has 5 nitrogen and oxygen atoms in total. The maximum absolute atomic E-state index is 6.04. The van der Waals surface area contributed by atoms with E-state index in [1.165, 1.54) is 25.7 Å². The highest BCUT2D eigenvalue weighted by Gasteiger charge is 2.56. The first kappa shape index (κ1) is 11.1. The van der Waals surface area contributed by atoms with Crippen molar-refractivity contribution in [1.82, 2.24) is 20.6 Å². The number of aromatic amines is 1. The van der Waals surface area contributed by atoms with Crippen molar-refractivity contribution in [3.8, 4) is 0 Å². The Hall–Kier alpha value is -0.970. The number of rotatable bonds is 4. The summed E-state index contributed by atoms with van der Waals surface area (Å²) in [4.78, 5) is 0. The van der Waals surface area contributed by atoms with Crippen LogP contribution in [0.3, 0.4) is 0 Å². The second kappa shape index (κ2) is 4.05. The van der Waals surface area contributed by atoms with E-state index in [4.69, 9.17) is 5.73 Å². The maximum Gasteiger partial charge on any atom is 0.175 e. The molecule has 4 atom stereocenters. The van der Waals surface area contributed by atoms with E-state index in [0.717, 1.165) is 36.5 Å². The summed E-state index contributed by atoms with van der Waals surface area (Å²) in [6.07, 6.45) is 6.25. The lowest BCUT2D eigenvalue weighted by Crippen LogP contribution is -2.51. The van der Waals surface area contributed by atoms with E-state index >= 15 is 0 Å². The van der Waals surface area contributed by atoms with Gasteiger partial charge in [-0.2, -0.15) is 5.21 Å². The number of nitrogens with two attached hydrogens (primary N) is 1. The van der Waals surface area contributed by atoms with Gasteiger partial charge in [0, 0.05) is 6.42 Å². The van der Waals surface area contributed by atoms with E-state index < -0.39 is 0 Å². The summed E-state index contributed by atoms with van der Waals surface area (Å²) in [5, 5.41) is 14.3. The van der Waals surface area contributed by atoms with Gasteiger partial charge in [0.05, 0.1) is 0 Å². The van der Waals surface area contributed by atoms with Crippen molar-refractivity contribution in [2.75, 3.05) is 6.54 Å². The highest BCUT2D eigenvalue weighted by molar-refractivity contribution is 5.09. The second-order valence-electron chi connectivity index (χ2n) is 5.89. The fourth-order valence-corrected chi connectivity index (χ4v) is 4.14. The molecule has 0 aromatic carbocycles. The zero-order valence-electron chi connectivity index (χ0n) is 10.4. The third-order valence-corrected chi connectivity index (χ3v) is 5.13. The molecule has 0 saturated heterocycles. The van der Waals surface area contributed by atoms with Crippen LogP contribution >= 0.6 is 0 Å². The van der Waals surface area contributed by atoms with Gasteiger partial charge in [0.25, 0.3) is 0 Å². The Bertz CT molecular complexity index is 376. The zero-order chi connectivity index (χ0) is 11.9. The average Bonchev–Trinajstić information content (AvgIpc) is 2.94. The van der Waals surface area contributed by atoms with Crippen LogP contribution in [-0.2, 0) is 6.42 Å². The van der Waals surface area contributed by atoms with Crippen LogP contribution < -0.4 is 5.73 Å². The smallest absolute Gasteiger partial charge is 0.175 e. The quantitative estimate of drug-likeness (QED) is 0.820. The number of nitrogens with zero attached hydrogens (tertiary/aromatic N) is 3. The number of H-pyrrole nitrogens is 1. The summed E-state index contributed by atoms with van der Waals surface area (Å²) in [5.74, 6) is 3.46. The largest absolute Gasteiger partial charge is 0.330 e. The van der Waals surface area contributed by atoms with Gasteiger partial charge in [-0.05, 0) is 49.0 Å². The van der Waals surface area contributed by atoms with E-state index in [-0.39, 0.29) is 5.41 Å². The molecule has 0 radical (unpaired) electrons. The molecule has 2 aliphatic carbocycles. The molecule has 5 heteroatoms. The normalized spacial score (nSPS) is 40.0. The van der Waals surface area contributed by atoms with Gasteiger partial charge in [0.15, 0.2) is 5.82 Å². The van der Waals surface area contributed by atoms with Gasteiger partial charge >= 0.3 is 0 Å². The predicted molar refractivity (Wildman–Crippen MR) is 64.0 cm³/mol. The topological polar surface area (TPSA) is 80.5 Å². The molecule has 0 bridgehead atoms. The molecule has 2 aliphatic rings. The summed E-state index contributed by atoms with van der Waals surface area (Å²) in [6.45, 7) is 3.07. The van der Waals surface area contributed by atoms with Crippen LogP contribution in [0.5, 0.6) is 0 Å². The van der Waals surface area contributed by atoms with Crippen LogP contribution in [0.2, 0.25) is 0 Å². The Morgan fingerprint density at radius 3 is 3.00 bits per heavy atom. The maximum atomic E-state index is 6.04. The molecule has 1 heterocycles. The van der Waals surface area contributed by atoms with Gasteiger partial charge in [-0.15, -0.1) is 10.2 Å². The molecule has 17 heavy (non-hydrogen) atoms. The Balaban J connectivity index is 1.73. The van der Waals surface area contributed by atoms with Crippen LogP contribution in [0, 0.1) is 23.2 Å². The summed E-state index contributed by atoms with van der Waals surface area (Å²) < 4.78 is 0. The minimum absolute atomic E-state index is 0.262. The van der Waals surface area contributed by atoms with Crippen molar-refractivity contribution in [3.63, 3.8) is 0 Å². The highest BCUT2D eigenvalue weighted by Crippen LogP contribution is 2.61. The van der Waals surface area contributed by atoms with Gasteiger partial charge in [0.1, 0.15) is 0 Å². The zero-order valence-corrected chi connectivity index (χ0v) is 10.4. The average molecular weight is 235 g/mol. The standard InChI is InChI=1S/C12H21N5/c1-2-8-3-9-5-12(7-13,10(9)4-8)6-11-14-16-17-15-11/h8-10H,2-7,13H2,1H3,(H,14,15,16,17)/t8?,9-,10-,12-/m0/s1. The fourth-order valence-electron chi connectivity index (χ4n) is 4.14. The molecular formula is C12H21N5. The molecule has 0 spiro atoms.